The van der Waals surface area contributed by atoms with Crippen molar-refractivity contribution in [2.24, 2.45) is 5.92 Å². The zero-order valence-electron chi connectivity index (χ0n) is 12.0. The SMILES string of the molecule is CCC(=O)[C@@H](CC)[C@@H](C[N+](=O)[O-])c1cccc([N+](=O)[O-])c1. The van der Waals surface area contributed by atoms with Gasteiger partial charge in [0.2, 0.25) is 6.54 Å². The predicted molar refractivity (Wildman–Crippen MR) is 76.8 cm³/mol. The first-order valence-corrected chi connectivity index (χ1v) is 6.79. The highest BCUT2D eigenvalue weighted by molar-refractivity contribution is 5.81. The third-order valence-electron chi connectivity index (χ3n) is 3.54. The summed E-state index contributed by atoms with van der Waals surface area (Å²) in [5, 5.41) is 21.7. The third-order valence-corrected chi connectivity index (χ3v) is 3.54. The van der Waals surface area contributed by atoms with Gasteiger partial charge in [-0.1, -0.05) is 26.0 Å². The van der Waals surface area contributed by atoms with E-state index in [2.05, 4.69) is 0 Å². The zero-order valence-corrected chi connectivity index (χ0v) is 12.0. The number of carbonyl (C=O) groups excluding carboxylic acids is 1. The van der Waals surface area contributed by atoms with Gasteiger partial charge in [0.15, 0.2) is 0 Å². The number of Topliss-reactive ketones (excluding diaryl/α,β-unsaturated/α-hetero) is 1. The van der Waals surface area contributed by atoms with Gasteiger partial charge in [-0.2, -0.15) is 0 Å². The maximum atomic E-state index is 12.0. The van der Waals surface area contributed by atoms with Crippen LogP contribution in [0.15, 0.2) is 24.3 Å². The van der Waals surface area contributed by atoms with E-state index in [1.54, 1.807) is 19.9 Å². The molecule has 21 heavy (non-hydrogen) atoms. The van der Waals surface area contributed by atoms with Crippen LogP contribution in [0.3, 0.4) is 0 Å². The molecule has 0 bridgehead atoms. The summed E-state index contributed by atoms with van der Waals surface area (Å²) < 4.78 is 0. The number of hydrogen-bond acceptors (Lipinski definition) is 5. The minimum absolute atomic E-state index is 0.0594. The molecule has 114 valence electrons. The molecule has 1 aromatic rings. The van der Waals surface area contributed by atoms with Gasteiger partial charge in [0.25, 0.3) is 5.69 Å². The zero-order chi connectivity index (χ0) is 16.0. The van der Waals surface area contributed by atoms with Crippen molar-refractivity contribution < 1.29 is 14.6 Å². The first kappa shape index (κ1) is 16.7. The van der Waals surface area contributed by atoms with Crippen LogP contribution in [-0.2, 0) is 4.79 Å². The van der Waals surface area contributed by atoms with E-state index >= 15 is 0 Å². The summed E-state index contributed by atoms with van der Waals surface area (Å²) in [5.41, 5.74) is 0.342. The normalized spacial score (nSPS) is 13.4. The Kier molecular flexibility index (Phi) is 5.95. The van der Waals surface area contributed by atoms with Crippen LogP contribution >= 0.6 is 0 Å². The van der Waals surface area contributed by atoms with Crippen LogP contribution < -0.4 is 0 Å². The van der Waals surface area contributed by atoms with E-state index in [4.69, 9.17) is 0 Å². The Bertz CT molecular complexity index is 544. The van der Waals surface area contributed by atoms with Crippen molar-refractivity contribution in [2.75, 3.05) is 6.54 Å². The summed E-state index contributed by atoms with van der Waals surface area (Å²) in [4.78, 5) is 32.7. The van der Waals surface area contributed by atoms with Gasteiger partial charge in [-0.05, 0) is 12.0 Å². The maximum absolute atomic E-state index is 12.0. The Morgan fingerprint density at radius 1 is 1.24 bits per heavy atom. The molecule has 0 N–H and O–H groups in total. The second-order valence-corrected chi connectivity index (χ2v) is 4.81. The number of benzene rings is 1. The number of nitro groups is 2. The molecule has 1 rings (SSSR count). The van der Waals surface area contributed by atoms with Crippen molar-refractivity contribution in [1.82, 2.24) is 0 Å². The first-order valence-electron chi connectivity index (χ1n) is 6.79. The number of ketones is 1. The molecule has 0 radical (unpaired) electrons. The number of non-ortho nitro benzene ring substituents is 1. The molecule has 7 nitrogen and oxygen atoms in total. The van der Waals surface area contributed by atoms with E-state index in [0.29, 0.717) is 18.4 Å². The summed E-state index contributed by atoms with van der Waals surface area (Å²) in [6.45, 7) is 3.09. The highest BCUT2D eigenvalue weighted by atomic mass is 16.6. The van der Waals surface area contributed by atoms with Gasteiger partial charge in [0.05, 0.1) is 10.8 Å². The number of rotatable bonds is 8. The number of nitro benzene ring substituents is 1. The lowest BCUT2D eigenvalue weighted by atomic mass is 9.80. The summed E-state index contributed by atoms with van der Waals surface area (Å²) >= 11 is 0. The second-order valence-electron chi connectivity index (χ2n) is 4.81. The number of hydrogen-bond donors (Lipinski definition) is 0. The molecule has 0 spiro atoms. The first-order chi connectivity index (χ1) is 9.90. The second kappa shape index (κ2) is 7.47. The van der Waals surface area contributed by atoms with Gasteiger partial charge in [0, 0.05) is 29.4 Å². The van der Waals surface area contributed by atoms with Crippen LogP contribution in [0.25, 0.3) is 0 Å². The molecule has 0 heterocycles. The quantitative estimate of drug-likeness (QED) is 0.541. The summed E-state index contributed by atoms with van der Waals surface area (Å²) in [6.07, 6.45) is 0.759. The molecule has 0 amide bonds. The van der Waals surface area contributed by atoms with Crippen LogP contribution in [0.1, 0.15) is 38.2 Å². The monoisotopic (exact) mass is 294 g/mol. The van der Waals surface area contributed by atoms with Crippen molar-refractivity contribution in [3.05, 3.63) is 50.1 Å². The molecule has 0 saturated heterocycles. The Balaban J connectivity index is 3.23. The lowest BCUT2D eigenvalue weighted by molar-refractivity contribution is -0.484. The van der Waals surface area contributed by atoms with Crippen molar-refractivity contribution in [1.29, 1.82) is 0 Å². The predicted octanol–water partition coefficient (Wildman–Crippen LogP) is 2.96. The topological polar surface area (TPSA) is 103 Å². The third kappa shape index (κ3) is 4.34. The fourth-order valence-corrected chi connectivity index (χ4v) is 2.49. The molecule has 0 aliphatic heterocycles. The van der Waals surface area contributed by atoms with Gasteiger partial charge in [-0.25, -0.2) is 0 Å². The Morgan fingerprint density at radius 2 is 1.90 bits per heavy atom. The smallest absolute Gasteiger partial charge is 0.269 e. The molecule has 7 heteroatoms. The van der Waals surface area contributed by atoms with Gasteiger partial charge >= 0.3 is 0 Å². The van der Waals surface area contributed by atoms with E-state index < -0.39 is 28.2 Å². The largest absolute Gasteiger partial charge is 0.299 e. The molecule has 0 aliphatic rings. The molecule has 0 aliphatic carbocycles. The average Bonchev–Trinajstić information content (AvgIpc) is 2.46. The highest BCUT2D eigenvalue weighted by Crippen LogP contribution is 2.31. The van der Waals surface area contributed by atoms with Crippen LogP contribution in [0.2, 0.25) is 0 Å². The van der Waals surface area contributed by atoms with Gasteiger partial charge in [-0.3, -0.25) is 25.0 Å². The Hall–Kier alpha value is -2.31. The van der Waals surface area contributed by atoms with Gasteiger partial charge in [-0.15, -0.1) is 0 Å². The van der Waals surface area contributed by atoms with Crippen LogP contribution in [0.5, 0.6) is 0 Å². The molecule has 0 saturated carbocycles. The molecule has 0 unspecified atom stereocenters. The van der Waals surface area contributed by atoms with Crippen LogP contribution in [-0.4, -0.2) is 22.2 Å². The molecule has 0 fully saturated rings. The fraction of sp³-hybridized carbons (Fsp3) is 0.500. The van der Waals surface area contributed by atoms with E-state index in [9.17, 15) is 25.0 Å². The molecular formula is C14H18N2O5. The van der Waals surface area contributed by atoms with E-state index in [-0.39, 0.29) is 11.5 Å². The molecule has 1 aromatic carbocycles. The van der Waals surface area contributed by atoms with Crippen LogP contribution in [0.4, 0.5) is 5.69 Å². The number of carbonyl (C=O) groups is 1. The minimum Gasteiger partial charge on any atom is -0.299 e. The summed E-state index contributed by atoms with van der Waals surface area (Å²) in [7, 11) is 0. The lowest BCUT2D eigenvalue weighted by Gasteiger charge is -2.22. The molecular weight excluding hydrogens is 276 g/mol. The average molecular weight is 294 g/mol. The summed E-state index contributed by atoms with van der Waals surface area (Å²) in [6, 6.07) is 5.74. The standard InChI is InChI=1S/C14H18N2O5/c1-3-12(14(17)4-2)13(9-15(18)19)10-6-5-7-11(8-10)16(20)21/h5-8,12-13H,3-4,9H2,1-2H3/t12-,13-/m0/s1. The lowest BCUT2D eigenvalue weighted by Crippen LogP contribution is -2.27. The van der Waals surface area contributed by atoms with E-state index in [1.807, 2.05) is 0 Å². The Labute approximate surface area is 122 Å². The number of nitrogens with zero attached hydrogens (tertiary/aromatic N) is 2. The Morgan fingerprint density at radius 3 is 2.38 bits per heavy atom. The van der Waals surface area contributed by atoms with E-state index in [1.165, 1.54) is 18.2 Å². The highest BCUT2D eigenvalue weighted by Gasteiger charge is 2.31. The van der Waals surface area contributed by atoms with Crippen molar-refractivity contribution in [2.45, 2.75) is 32.6 Å². The van der Waals surface area contributed by atoms with Gasteiger partial charge < -0.3 is 0 Å². The van der Waals surface area contributed by atoms with E-state index in [0.717, 1.165) is 0 Å². The molecule has 0 aromatic heterocycles. The molecule has 2 atom stereocenters. The minimum atomic E-state index is -0.641. The van der Waals surface area contributed by atoms with Crippen molar-refractivity contribution >= 4 is 11.5 Å². The van der Waals surface area contributed by atoms with Crippen LogP contribution in [0, 0.1) is 26.1 Å². The van der Waals surface area contributed by atoms with Crippen molar-refractivity contribution in [3.8, 4) is 0 Å². The van der Waals surface area contributed by atoms with Gasteiger partial charge in [0.1, 0.15) is 5.78 Å². The fourth-order valence-electron chi connectivity index (χ4n) is 2.49. The maximum Gasteiger partial charge on any atom is 0.269 e. The van der Waals surface area contributed by atoms with Crippen molar-refractivity contribution in [3.63, 3.8) is 0 Å². The summed E-state index contributed by atoms with van der Waals surface area (Å²) in [5.74, 6) is -1.20.